The molecule has 0 aromatic heterocycles. The van der Waals surface area contributed by atoms with E-state index in [9.17, 15) is 14.9 Å². The Kier molecular flexibility index (Phi) is 7.32. The number of para-hydroxylation sites is 2. The molecule has 1 aliphatic heterocycles. The van der Waals surface area contributed by atoms with Crippen molar-refractivity contribution in [2.75, 3.05) is 37.6 Å². The highest BCUT2D eigenvalue weighted by atomic mass is 16.6. The van der Waals surface area contributed by atoms with E-state index in [-0.39, 0.29) is 16.5 Å². The van der Waals surface area contributed by atoms with Crippen molar-refractivity contribution in [2.24, 2.45) is 0 Å². The van der Waals surface area contributed by atoms with E-state index in [1.54, 1.807) is 12.1 Å². The van der Waals surface area contributed by atoms with Crippen molar-refractivity contribution < 1.29 is 9.72 Å². The van der Waals surface area contributed by atoms with Crippen molar-refractivity contribution in [1.82, 2.24) is 9.80 Å². The third-order valence-electron chi connectivity index (χ3n) is 5.91. The second-order valence-corrected chi connectivity index (χ2v) is 8.23. The molecule has 0 aliphatic carbocycles. The number of nitrogens with zero attached hydrogens (tertiary/aromatic N) is 4. The lowest BCUT2D eigenvalue weighted by Crippen LogP contribution is -2.51. The highest BCUT2D eigenvalue weighted by molar-refractivity contribution is 5.78. The predicted octanol–water partition coefficient (Wildman–Crippen LogP) is 3.95. The summed E-state index contributed by atoms with van der Waals surface area (Å²) in [4.78, 5) is 30.2. The second-order valence-electron chi connectivity index (χ2n) is 8.23. The van der Waals surface area contributed by atoms with E-state index < -0.39 is 0 Å². The zero-order chi connectivity index (χ0) is 23.0. The van der Waals surface area contributed by atoms with Gasteiger partial charge in [0.25, 0.3) is 5.69 Å². The fourth-order valence-corrected chi connectivity index (χ4v) is 4.22. The SMILES string of the molecule is O=C(CN(Cc1ccccc1)Cc1ccccc1)N1CCN(c2ccccc2[N+](=O)[O-])CC1. The van der Waals surface area contributed by atoms with E-state index in [2.05, 4.69) is 29.2 Å². The van der Waals surface area contributed by atoms with Gasteiger partial charge in [-0.15, -0.1) is 0 Å². The number of benzene rings is 3. The van der Waals surface area contributed by atoms with Crippen LogP contribution in [-0.2, 0) is 17.9 Å². The maximum absolute atomic E-state index is 13.2. The fourth-order valence-electron chi connectivity index (χ4n) is 4.22. The van der Waals surface area contributed by atoms with Gasteiger partial charge in [0.1, 0.15) is 5.69 Å². The molecule has 170 valence electrons. The van der Waals surface area contributed by atoms with E-state index in [1.807, 2.05) is 52.3 Å². The van der Waals surface area contributed by atoms with Gasteiger partial charge in [-0.05, 0) is 17.2 Å². The number of anilines is 1. The van der Waals surface area contributed by atoms with Crippen LogP contribution in [0, 0.1) is 10.1 Å². The smallest absolute Gasteiger partial charge is 0.292 e. The van der Waals surface area contributed by atoms with Crippen molar-refractivity contribution >= 4 is 17.3 Å². The van der Waals surface area contributed by atoms with Crippen molar-refractivity contribution in [2.45, 2.75) is 13.1 Å². The summed E-state index contributed by atoms with van der Waals surface area (Å²) >= 11 is 0. The van der Waals surface area contributed by atoms with Crippen LogP contribution in [0.2, 0.25) is 0 Å². The van der Waals surface area contributed by atoms with Crippen LogP contribution in [0.4, 0.5) is 11.4 Å². The van der Waals surface area contributed by atoms with Crippen LogP contribution in [-0.4, -0.2) is 53.4 Å². The quantitative estimate of drug-likeness (QED) is 0.389. The van der Waals surface area contributed by atoms with Crippen LogP contribution in [0.1, 0.15) is 11.1 Å². The summed E-state index contributed by atoms with van der Waals surface area (Å²) in [5.41, 5.74) is 3.06. The zero-order valence-corrected chi connectivity index (χ0v) is 18.5. The largest absolute Gasteiger partial charge is 0.362 e. The molecule has 0 unspecified atom stereocenters. The average Bonchev–Trinajstić information content (AvgIpc) is 2.85. The van der Waals surface area contributed by atoms with Gasteiger partial charge in [-0.25, -0.2) is 0 Å². The van der Waals surface area contributed by atoms with Crippen LogP contribution in [0.25, 0.3) is 0 Å². The molecule has 0 saturated carbocycles. The van der Waals surface area contributed by atoms with E-state index in [1.165, 1.54) is 17.2 Å². The number of piperazine rings is 1. The number of nitro groups is 1. The van der Waals surface area contributed by atoms with Crippen molar-refractivity contribution in [1.29, 1.82) is 0 Å². The highest BCUT2D eigenvalue weighted by Crippen LogP contribution is 2.28. The summed E-state index contributed by atoms with van der Waals surface area (Å²) in [5, 5.41) is 11.4. The maximum Gasteiger partial charge on any atom is 0.292 e. The lowest BCUT2D eigenvalue weighted by Gasteiger charge is -2.36. The van der Waals surface area contributed by atoms with Gasteiger partial charge in [-0.1, -0.05) is 72.8 Å². The normalized spacial score (nSPS) is 13.8. The predicted molar refractivity (Wildman–Crippen MR) is 129 cm³/mol. The van der Waals surface area contributed by atoms with Gasteiger partial charge in [-0.2, -0.15) is 0 Å². The van der Waals surface area contributed by atoms with Crippen LogP contribution < -0.4 is 4.90 Å². The topological polar surface area (TPSA) is 69.9 Å². The Labute approximate surface area is 194 Å². The number of hydrogen-bond donors (Lipinski definition) is 0. The molecule has 4 rings (SSSR count). The molecule has 1 heterocycles. The first-order chi connectivity index (χ1) is 16.1. The number of nitro benzene ring substituents is 1. The Hall–Kier alpha value is -3.71. The summed E-state index contributed by atoms with van der Waals surface area (Å²) in [5.74, 6) is 0.0871. The molecule has 1 saturated heterocycles. The summed E-state index contributed by atoms with van der Waals surface area (Å²) in [7, 11) is 0. The second kappa shape index (κ2) is 10.7. The Morgan fingerprint density at radius 3 is 1.85 bits per heavy atom. The Morgan fingerprint density at radius 1 is 0.788 bits per heavy atom. The molecule has 0 bridgehead atoms. The molecule has 3 aromatic carbocycles. The molecule has 0 atom stereocenters. The standard InChI is InChI=1S/C26H28N4O3/c31-26(29-17-15-28(16-18-29)24-13-7-8-14-25(24)30(32)33)21-27(19-22-9-3-1-4-10-22)20-23-11-5-2-6-12-23/h1-14H,15-21H2. The van der Waals surface area contributed by atoms with Crippen molar-refractivity contribution in [3.63, 3.8) is 0 Å². The molecule has 0 radical (unpaired) electrons. The molecule has 1 fully saturated rings. The van der Waals surface area contributed by atoms with Crippen LogP contribution in [0.3, 0.4) is 0 Å². The summed E-state index contributed by atoms with van der Waals surface area (Å²) in [6.45, 7) is 3.97. The monoisotopic (exact) mass is 444 g/mol. The van der Waals surface area contributed by atoms with Gasteiger partial charge in [0, 0.05) is 45.3 Å². The molecule has 0 N–H and O–H groups in total. The molecule has 1 aliphatic rings. The first kappa shape index (κ1) is 22.5. The first-order valence-corrected chi connectivity index (χ1v) is 11.2. The number of hydrogen-bond acceptors (Lipinski definition) is 5. The molecule has 7 heteroatoms. The van der Waals surface area contributed by atoms with Gasteiger partial charge < -0.3 is 9.80 Å². The minimum absolute atomic E-state index is 0.0871. The molecular formula is C26H28N4O3. The highest BCUT2D eigenvalue weighted by Gasteiger charge is 2.26. The molecular weight excluding hydrogens is 416 g/mol. The fraction of sp³-hybridized carbons (Fsp3) is 0.269. The lowest BCUT2D eigenvalue weighted by atomic mass is 10.1. The first-order valence-electron chi connectivity index (χ1n) is 11.2. The van der Waals surface area contributed by atoms with Crippen molar-refractivity contribution in [3.05, 3.63) is 106 Å². The van der Waals surface area contributed by atoms with Gasteiger partial charge in [0.05, 0.1) is 11.5 Å². The van der Waals surface area contributed by atoms with E-state index in [0.717, 1.165) is 0 Å². The minimum Gasteiger partial charge on any atom is -0.362 e. The minimum atomic E-state index is -0.349. The Morgan fingerprint density at radius 2 is 1.30 bits per heavy atom. The lowest BCUT2D eigenvalue weighted by molar-refractivity contribution is -0.384. The molecule has 0 spiro atoms. The number of rotatable bonds is 8. The van der Waals surface area contributed by atoms with Crippen LogP contribution >= 0.6 is 0 Å². The number of amides is 1. The van der Waals surface area contributed by atoms with E-state index >= 15 is 0 Å². The third-order valence-corrected chi connectivity index (χ3v) is 5.91. The number of carbonyl (C=O) groups is 1. The Bertz CT molecular complexity index is 1030. The molecule has 1 amide bonds. The Balaban J connectivity index is 1.39. The summed E-state index contributed by atoms with van der Waals surface area (Å²) < 4.78 is 0. The van der Waals surface area contributed by atoms with E-state index in [0.29, 0.717) is 51.5 Å². The molecule has 33 heavy (non-hydrogen) atoms. The molecule has 7 nitrogen and oxygen atoms in total. The van der Waals surface area contributed by atoms with Gasteiger partial charge in [0.15, 0.2) is 0 Å². The van der Waals surface area contributed by atoms with Gasteiger partial charge in [0.2, 0.25) is 5.91 Å². The van der Waals surface area contributed by atoms with Crippen LogP contribution in [0.15, 0.2) is 84.9 Å². The maximum atomic E-state index is 13.2. The summed E-state index contributed by atoms with van der Waals surface area (Å²) in [6.07, 6.45) is 0. The average molecular weight is 445 g/mol. The van der Waals surface area contributed by atoms with E-state index in [4.69, 9.17) is 0 Å². The third kappa shape index (κ3) is 5.96. The van der Waals surface area contributed by atoms with Gasteiger partial charge in [-0.3, -0.25) is 19.8 Å². The van der Waals surface area contributed by atoms with Gasteiger partial charge >= 0.3 is 0 Å². The zero-order valence-electron chi connectivity index (χ0n) is 18.5. The van der Waals surface area contributed by atoms with Crippen LogP contribution in [0.5, 0.6) is 0 Å². The summed E-state index contributed by atoms with van der Waals surface area (Å²) in [6, 6.07) is 27.1. The number of carbonyl (C=O) groups excluding carboxylic acids is 1. The van der Waals surface area contributed by atoms with Crippen molar-refractivity contribution in [3.8, 4) is 0 Å². The molecule has 3 aromatic rings.